The quantitative estimate of drug-likeness (QED) is 0.178. The number of ether oxygens (including phenoxy) is 4. The number of aryl methyl sites for hydroxylation is 1. The van der Waals surface area contributed by atoms with Crippen LogP contribution < -0.4 is 16.6 Å². The van der Waals surface area contributed by atoms with Crippen molar-refractivity contribution in [1.82, 2.24) is 9.55 Å². The van der Waals surface area contributed by atoms with Crippen LogP contribution in [-0.4, -0.2) is 68.3 Å². The lowest BCUT2D eigenvalue weighted by Gasteiger charge is -2.45. The molecule has 2 heterocycles. The third kappa shape index (κ3) is 7.10. The number of aromatic amines is 1. The first-order valence-corrected chi connectivity index (χ1v) is 11.8. The van der Waals surface area contributed by atoms with Crippen LogP contribution >= 0.6 is 0 Å². The van der Waals surface area contributed by atoms with E-state index < -0.39 is 87.6 Å². The minimum Gasteiger partial charge on any atom is -0.463 e. The fourth-order valence-corrected chi connectivity index (χ4v) is 4.17. The summed E-state index contributed by atoms with van der Waals surface area (Å²) in [4.78, 5) is 84.1. The highest BCUT2D eigenvalue weighted by atomic mass is 16.6. The van der Waals surface area contributed by atoms with E-state index in [0.29, 0.717) is 6.07 Å². The van der Waals surface area contributed by atoms with Crippen molar-refractivity contribution in [2.75, 3.05) is 11.9 Å². The summed E-state index contributed by atoms with van der Waals surface area (Å²) in [6.45, 7) is 4.00. The monoisotopic (exact) mass is 579 g/mol. The second-order valence-electron chi connectivity index (χ2n) is 8.88. The number of aromatic nitrogens is 2. The smallest absolute Gasteiger partial charge is 0.330 e. The highest BCUT2D eigenvalue weighted by Gasteiger charge is 2.52. The molecule has 0 aliphatic carbocycles. The molecular formula is C23H25N5O13. The van der Waals surface area contributed by atoms with Gasteiger partial charge in [0.1, 0.15) is 24.4 Å². The summed E-state index contributed by atoms with van der Waals surface area (Å²) in [5.74, 6) is -2.50. The third-order valence-corrected chi connectivity index (χ3v) is 5.85. The molecular weight excluding hydrogens is 554 g/mol. The normalized spacial score (nSPS) is 21.8. The summed E-state index contributed by atoms with van der Waals surface area (Å²) in [5.41, 5.74) is -3.32. The lowest BCUT2D eigenvalue weighted by Crippen LogP contribution is -2.62. The largest absolute Gasteiger partial charge is 0.463 e. The Balaban J connectivity index is 2.26. The van der Waals surface area contributed by atoms with Crippen LogP contribution in [0.15, 0.2) is 34.0 Å². The van der Waals surface area contributed by atoms with Gasteiger partial charge in [0, 0.05) is 38.6 Å². The first-order valence-electron chi connectivity index (χ1n) is 11.8. The van der Waals surface area contributed by atoms with Crippen LogP contribution in [0.5, 0.6) is 0 Å². The second kappa shape index (κ2) is 12.4. The number of nitro groups is 2. The van der Waals surface area contributed by atoms with Gasteiger partial charge >= 0.3 is 23.6 Å². The van der Waals surface area contributed by atoms with Gasteiger partial charge in [0.15, 0.2) is 18.4 Å². The number of anilines is 1. The number of esters is 3. The number of nitrogens with zero attached hydrogens (tertiary/aromatic N) is 3. The average molecular weight is 579 g/mol. The summed E-state index contributed by atoms with van der Waals surface area (Å²) in [6.07, 6.45) is -4.82. The van der Waals surface area contributed by atoms with Gasteiger partial charge in [0.25, 0.3) is 16.9 Å². The Hall–Kier alpha value is -5.13. The van der Waals surface area contributed by atoms with Crippen LogP contribution in [0.3, 0.4) is 0 Å². The molecule has 1 aliphatic rings. The van der Waals surface area contributed by atoms with Crippen molar-refractivity contribution in [3.63, 3.8) is 0 Å². The Morgan fingerprint density at radius 3 is 2.22 bits per heavy atom. The predicted molar refractivity (Wildman–Crippen MR) is 135 cm³/mol. The molecule has 1 aliphatic heterocycles. The van der Waals surface area contributed by atoms with E-state index in [1.807, 2.05) is 0 Å². The van der Waals surface area contributed by atoms with Crippen molar-refractivity contribution in [3.8, 4) is 0 Å². The van der Waals surface area contributed by atoms with E-state index in [0.717, 1.165) is 43.7 Å². The predicted octanol–water partition coefficient (Wildman–Crippen LogP) is 0.466. The molecule has 1 saturated heterocycles. The van der Waals surface area contributed by atoms with Crippen molar-refractivity contribution in [2.45, 2.75) is 58.3 Å². The summed E-state index contributed by atoms with van der Waals surface area (Å²) in [6, 6.07) is 1.20. The maximum absolute atomic E-state index is 12.9. The topological polar surface area (TPSA) is 241 Å². The zero-order valence-corrected chi connectivity index (χ0v) is 22.1. The number of hydrogen-bond donors (Lipinski definition) is 2. The molecule has 220 valence electrons. The van der Waals surface area contributed by atoms with Gasteiger partial charge in [0.05, 0.1) is 15.9 Å². The standard InChI is InChI=1S/C23H25N5O13/c1-10-8-26(23(33)25-21(10)32)22-18(24-15-6-5-14(27(34)35)7-16(15)28(36)37)20(40-13(4)31)19(39-12(3)30)17(41-22)9-38-11(2)29/h5-8,17-20,22,24H,9H2,1-4H3,(H,25,32,33). The summed E-state index contributed by atoms with van der Waals surface area (Å²) in [5, 5.41) is 25.8. The maximum Gasteiger partial charge on any atom is 0.330 e. The molecule has 0 bridgehead atoms. The second-order valence-corrected chi connectivity index (χ2v) is 8.88. The number of hydrogen-bond acceptors (Lipinski definition) is 14. The minimum atomic E-state index is -1.55. The van der Waals surface area contributed by atoms with E-state index in [-0.39, 0.29) is 11.3 Å². The van der Waals surface area contributed by atoms with Gasteiger partial charge in [-0.1, -0.05) is 0 Å². The third-order valence-electron chi connectivity index (χ3n) is 5.85. The van der Waals surface area contributed by atoms with E-state index in [1.54, 1.807) is 0 Å². The minimum absolute atomic E-state index is 0.0518. The maximum atomic E-state index is 12.9. The van der Waals surface area contributed by atoms with Crippen LogP contribution in [0.4, 0.5) is 17.1 Å². The summed E-state index contributed by atoms with van der Waals surface area (Å²) in [7, 11) is 0. The molecule has 18 nitrogen and oxygen atoms in total. The van der Waals surface area contributed by atoms with E-state index in [9.17, 15) is 44.2 Å². The Labute approximate surface area is 229 Å². The molecule has 18 heteroatoms. The van der Waals surface area contributed by atoms with Crippen LogP contribution in [0.1, 0.15) is 32.6 Å². The van der Waals surface area contributed by atoms with Crippen molar-refractivity contribution < 1.29 is 43.2 Å². The number of rotatable bonds is 9. The molecule has 0 saturated carbocycles. The fraction of sp³-hybridized carbons (Fsp3) is 0.435. The highest BCUT2D eigenvalue weighted by Crippen LogP contribution is 2.37. The summed E-state index contributed by atoms with van der Waals surface area (Å²) >= 11 is 0. The van der Waals surface area contributed by atoms with Crippen LogP contribution in [0.2, 0.25) is 0 Å². The van der Waals surface area contributed by atoms with Gasteiger partial charge in [-0.2, -0.15) is 0 Å². The van der Waals surface area contributed by atoms with Crippen molar-refractivity contribution >= 4 is 35.0 Å². The van der Waals surface area contributed by atoms with Gasteiger partial charge in [-0.3, -0.25) is 49.0 Å². The van der Waals surface area contributed by atoms with Crippen molar-refractivity contribution in [2.24, 2.45) is 0 Å². The molecule has 1 aromatic carbocycles. The molecule has 2 N–H and O–H groups in total. The number of carbonyl (C=O) groups is 3. The molecule has 5 unspecified atom stereocenters. The molecule has 2 aromatic rings. The first kappa shape index (κ1) is 30.4. The Kier molecular flexibility index (Phi) is 9.17. The van der Waals surface area contributed by atoms with Crippen molar-refractivity contribution in [3.05, 3.63) is 71.0 Å². The van der Waals surface area contributed by atoms with Crippen LogP contribution in [-0.2, 0) is 33.3 Å². The zero-order valence-electron chi connectivity index (χ0n) is 22.1. The Morgan fingerprint density at radius 2 is 1.66 bits per heavy atom. The zero-order chi connectivity index (χ0) is 30.6. The molecule has 1 fully saturated rings. The number of H-pyrrole nitrogens is 1. The van der Waals surface area contributed by atoms with Gasteiger partial charge < -0.3 is 24.3 Å². The Morgan fingerprint density at radius 1 is 1.02 bits per heavy atom. The SMILES string of the molecule is CC(=O)OCC1OC(n2cc(C)c(=O)[nH]c2=O)C(Nc2ccc([N+](=O)[O-])cc2[N+](=O)[O-])C(OC(C)=O)C1OC(C)=O. The lowest BCUT2D eigenvalue weighted by atomic mass is 9.94. The molecule has 3 rings (SSSR count). The molecule has 0 spiro atoms. The van der Waals surface area contributed by atoms with Gasteiger partial charge in [-0.15, -0.1) is 0 Å². The van der Waals surface area contributed by atoms with Gasteiger partial charge in [-0.25, -0.2) is 4.79 Å². The molecule has 41 heavy (non-hydrogen) atoms. The molecule has 1 aromatic heterocycles. The number of non-ortho nitro benzene ring substituents is 1. The lowest BCUT2D eigenvalue weighted by molar-refractivity contribution is -0.393. The number of nitrogens with one attached hydrogen (secondary N) is 2. The number of benzene rings is 1. The van der Waals surface area contributed by atoms with E-state index in [1.165, 1.54) is 6.92 Å². The summed E-state index contributed by atoms with van der Waals surface area (Å²) < 4.78 is 22.8. The average Bonchev–Trinajstić information content (AvgIpc) is 2.87. The van der Waals surface area contributed by atoms with Crippen LogP contribution in [0.25, 0.3) is 0 Å². The molecule has 0 amide bonds. The van der Waals surface area contributed by atoms with Crippen molar-refractivity contribution in [1.29, 1.82) is 0 Å². The van der Waals surface area contributed by atoms with E-state index in [2.05, 4.69) is 10.3 Å². The van der Waals surface area contributed by atoms with Gasteiger partial charge in [0.2, 0.25) is 0 Å². The first-order chi connectivity index (χ1) is 19.2. The Bertz CT molecular complexity index is 1500. The van der Waals surface area contributed by atoms with E-state index >= 15 is 0 Å². The number of nitro benzene ring substituents is 2. The van der Waals surface area contributed by atoms with E-state index in [4.69, 9.17) is 18.9 Å². The highest BCUT2D eigenvalue weighted by molar-refractivity contribution is 5.69. The molecule has 5 atom stereocenters. The van der Waals surface area contributed by atoms with Gasteiger partial charge in [-0.05, 0) is 13.0 Å². The molecule has 0 radical (unpaired) electrons. The number of carbonyl (C=O) groups excluding carboxylic acids is 3. The fourth-order valence-electron chi connectivity index (χ4n) is 4.17. The van der Waals surface area contributed by atoms with Crippen LogP contribution in [0, 0.1) is 27.2 Å².